The van der Waals surface area contributed by atoms with E-state index in [0.717, 1.165) is 32.5 Å². The maximum Gasteiger partial charge on any atom is 0.135 e. The minimum atomic E-state index is 0.412. The molecule has 0 unspecified atom stereocenters. The lowest BCUT2D eigenvalue weighted by molar-refractivity contribution is -0.121. The Bertz CT molecular complexity index is 213. The van der Waals surface area contributed by atoms with Crippen molar-refractivity contribution in [1.82, 2.24) is 4.90 Å². The molecule has 1 aliphatic rings. The number of hydrogen-bond acceptors (Lipinski definition) is 2. The van der Waals surface area contributed by atoms with Gasteiger partial charge in [-0.05, 0) is 11.8 Å². The summed E-state index contributed by atoms with van der Waals surface area (Å²) in [7, 11) is 0. The molecule has 1 saturated heterocycles. The molecule has 16 heavy (non-hydrogen) atoms. The lowest BCUT2D eigenvalue weighted by atomic mass is 9.86. The second kappa shape index (κ2) is 6.39. The van der Waals surface area contributed by atoms with Crippen molar-refractivity contribution in [3.05, 3.63) is 0 Å². The lowest BCUT2D eigenvalue weighted by Crippen LogP contribution is -2.40. The molecule has 0 aromatic rings. The largest absolute Gasteiger partial charge is 0.302 e. The smallest absolute Gasteiger partial charge is 0.135 e. The minimum Gasteiger partial charge on any atom is -0.302 e. The topological polar surface area (TPSA) is 20.3 Å². The van der Waals surface area contributed by atoms with Crippen LogP contribution >= 0.6 is 0 Å². The highest BCUT2D eigenvalue weighted by Crippen LogP contribution is 2.26. The number of nitrogens with zero attached hydrogens (tertiary/aromatic N) is 1. The molecular weight excluding hydrogens is 198 g/mol. The van der Waals surface area contributed by atoms with E-state index in [4.69, 9.17) is 0 Å². The van der Waals surface area contributed by atoms with E-state index >= 15 is 0 Å². The van der Waals surface area contributed by atoms with Gasteiger partial charge < -0.3 is 4.90 Å². The number of carbonyl (C=O) groups excluding carboxylic acids is 1. The Morgan fingerprint density at radius 2 is 1.81 bits per heavy atom. The van der Waals surface area contributed by atoms with Gasteiger partial charge in [0.1, 0.15) is 5.78 Å². The van der Waals surface area contributed by atoms with Crippen LogP contribution in [0.2, 0.25) is 0 Å². The number of likely N-dealkylation sites (tertiary alicyclic amines) is 1. The van der Waals surface area contributed by atoms with E-state index in [9.17, 15) is 4.79 Å². The van der Waals surface area contributed by atoms with Crippen molar-refractivity contribution in [3.8, 4) is 0 Å². The summed E-state index contributed by atoms with van der Waals surface area (Å²) in [5, 5.41) is 0. The predicted molar refractivity (Wildman–Crippen MR) is 68.6 cm³/mol. The van der Waals surface area contributed by atoms with Crippen LogP contribution in [-0.2, 0) is 4.79 Å². The van der Waals surface area contributed by atoms with Crippen LogP contribution in [0.15, 0.2) is 0 Å². The molecule has 1 fully saturated rings. The summed E-state index contributed by atoms with van der Waals surface area (Å²) >= 11 is 0. The first-order valence-corrected chi connectivity index (χ1v) is 6.77. The van der Waals surface area contributed by atoms with Crippen molar-refractivity contribution in [1.29, 1.82) is 0 Å². The fraction of sp³-hybridized carbons (Fsp3) is 0.929. The quantitative estimate of drug-likeness (QED) is 0.647. The average molecular weight is 225 g/mol. The van der Waals surface area contributed by atoms with Crippen LogP contribution in [0.1, 0.15) is 59.3 Å². The molecular formula is C14H27NO. The van der Waals surface area contributed by atoms with Gasteiger partial charge in [-0.2, -0.15) is 0 Å². The summed E-state index contributed by atoms with van der Waals surface area (Å²) in [5.74, 6) is 0.444. The number of piperidine rings is 1. The minimum absolute atomic E-state index is 0.412. The molecule has 0 atom stereocenters. The number of unbranched alkanes of at least 4 members (excludes halogenated alkanes) is 2. The molecule has 0 bridgehead atoms. The summed E-state index contributed by atoms with van der Waals surface area (Å²) in [6.07, 6.45) is 6.84. The molecule has 0 spiro atoms. The summed E-state index contributed by atoms with van der Waals surface area (Å²) in [5.41, 5.74) is 0.412. The predicted octanol–water partition coefficient (Wildman–Crippen LogP) is 3.26. The van der Waals surface area contributed by atoms with Crippen molar-refractivity contribution in [2.75, 3.05) is 19.6 Å². The van der Waals surface area contributed by atoms with E-state index in [0.29, 0.717) is 11.2 Å². The summed E-state index contributed by atoms with van der Waals surface area (Å²) in [6, 6.07) is 0. The number of carbonyl (C=O) groups is 1. The van der Waals surface area contributed by atoms with Gasteiger partial charge in [-0.15, -0.1) is 0 Å². The van der Waals surface area contributed by atoms with Crippen LogP contribution in [-0.4, -0.2) is 30.3 Å². The van der Waals surface area contributed by atoms with Crippen LogP contribution in [0, 0.1) is 5.41 Å². The Balaban J connectivity index is 2.25. The standard InChI is InChI=1S/C14H27NO/c1-4-5-6-9-14(2,3)12-15-10-7-13(16)8-11-15/h4-12H2,1-3H3. The average Bonchev–Trinajstić information content (AvgIpc) is 2.21. The first-order valence-electron chi connectivity index (χ1n) is 6.77. The molecule has 0 saturated carbocycles. The van der Waals surface area contributed by atoms with Gasteiger partial charge in [0.25, 0.3) is 0 Å². The fourth-order valence-electron chi connectivity index (χ4n) is 2.50. The monoisotopic (exact) mass is 225 g/mol. The van der Waals surface area contributed by atoms with Gasteiger partial charge in [0, 0.05) is 32.5 Å². The van der Waals surface area contributed by atoms with Crippen molar-refractivity contribution in [2.45, 2.75) is 59.3 Å². The van der Waals surface area contributed by atoms with E-state index < -0.39 is 0 Å². The zero-order valence-electron chi connectivity index (χ0n) is 11.2. The Morgan fingerprint density at radius 3 is 2.38 bits per heavy atom. The molecule has 0 amide bonds. The highest BCUT2D eigenvalue weighted by molar-refractivity contribution is 5.79. The van der Waals surface area contributed by atoms with Gasteiger partial charge in [-0.3, -0.25) is 4.79 Å². The van der Waals surface area contributed by atoms with E-state index in [1.807, 2.05) is 0 Å². The molecule has 0 aliphatic carbocycles. The van der Waals surface area contributed by atoms with E-state index in [1.165, 1.54) is 25.7 Å². The Morgan fingerprint density at radius 1 is 1.19 bits per heavy atom. The molecule has 0 aromatic carbocycles. The Hall–Kier alpha value is -0.370. The molecule has 2 heteroatoms. The van der Waals surface area contributed by atoms with Gasteiger partial charge in [-0.1, -0.05) is 40.0 Å². The molecule has 1 aliphatic heterocycles. The molecule has 0 aromatic heterocycles. The van der Waals surface area contributed by atoms with Crippen molar-refractivity contribution < 1.29 is 4.79 Å². The Kier molecular flexibility index (Phi) is 5.47. The number of ketones is 1. The van der Waals surface area contributed by atoms with Crippen molar-refractivity contribution >= 4 is 5.78 Å². The van der Waals surface area contributed by atoms with Crippen molar-refractivity contribution in [3.63, 3.8) is 0 Å². The first-order chi connectivity index (χ1) is 7.53. The summed E-state index contributed by atoms with van der Waals surface area (Å²) in [4.78, 5) is 13.6. The molecule has 1 heterocycles. The van der Waals surface area contributed by atoms with Gasteiger partial charge in [0.2, 0.25) is 0 Å². The number of hydrogen-bond donors (Lipinski definition) is 0. The molecule has 94 valence electrons. The van der Waals surface area contributed by atoms with Crippen LogP contribution < -0.4 is 0 Å². The SMILES string of the molecule is CCCCCC(C)(C)CN1CCC(=O)CC1. The Labute approximate surface area is 100 Å². The fourth-order valence-corrected chi connectivity index (χ4v) is 2.50. The highest BCUT2D eigenvalue weighted by Gasteiger charge is 2.24. The summed E-state index contributed by atoms with van der Waals surface area (Å²) < 4.78 is 0. The van der Waals surface area contributed by atoms with Gasteiger partial charge in [-0.25, -0.2) is 0 Å². The maximum atomic E-state index is 11.2. The third-order valence-electron chi connectivity index (χ3n) is 3.52. The van der Waals surface area contributed by atoms with E-state index in [1.54, 1.807) is 0 Å². The van der Waals surface area contributed by atoms with Gasteiger partial charge in [0.05, 0.1) is 0 Å². The molecule has 0 N–H and O–H groups in total. The second-order valence-electron chi connectivity index (χ2n) is 5.94. The maximum absolute atomic E-state index is 11.2. The number of Topliss-reactive ketones (excluding diaryl/α,β-unsaturated/α-hetero) is 1. The van der Waals surface area contributed by atoms with Crippen LogP contribution in [0.5, 0.6) is 0 Å². The third-order valence-corrected chi connectivity index (χ3v) is 3.52. The zero-order chi connectivity index (χ0) is 12.0. The second-order valence-corrected chi connectivity index (χ2v) is 5.94. The van der Waals surface area contributed by atoms with Crippen LogP contribution in [0.4, 0.5) is 0 Å². The van der Waals surface area contributed by atoms with E-state index in [2.05, 4.69) is 25.7 Å². The zero-order valence-corrected chi connectivity index (χ0v) is 11.2. The summed E-state index contributed by atoms with van der Waals surface area (Å²) in [6.45, 7) is 10.1. The molecule has 2 nitrogen and oxygen atoms in total. The van der Waals surface area contributed by atoms with E-state index in [-0.39, 0.29) is 0 Å². The van der Waals surface area contributed by atoms with Gasteiger partial charge in [0.15, 0.2) is 0 Å². The normalized spacial score (nSPS) is 19.1. The van der Waals surface area contributed by atoms with Crippen LogP contribution in [0.25, 0.3) is 0 Å². The lowest BCUT2D eigenvalue weighted by Gasteiger charge is -2.34. The molecule has 0 radical (unpaired) electrons. The van der Waals surface area contributed by atoms with Gasteiger partial charge >= 0.3 is 0 Å². The highest BCUT2D eigenvalue weighted by atomic mass is 16.1. The first kappa shape index (κ1) is 13.7. The van der Waals surface area contributed by atoms with Crippen LogP contribution in [0.3, 0.4) is 0 Å². The molecule has 1 rings (SSSR count). The third kappa shape index (κ3) is 5.11. The van der Waals surface area contributed by atoms with Crippen molar-refractivity contribution in [2.24, 2.45) is 5.41 Å². The number of rotatable bonds is 6.